The second-order valence-electron chi connectivity index (χ2n) is 7.78. The van der Waals surface area contributed by atoms with Crippen molar-refractivity contribution in [1.29, 1.82) is 0 Å². The van der Waals surface area contributed by atoms with Crippen molar-refractivity contribution in [2.75, 3.05) is 5.43 Å². The van der Waals surface area contributed by atoms with Crippen LogP contribution in [0.3, 0.4) is 0 Å². The summed E-state index contributed by atoms with van der Waals surface area (Å²) >= 11 is 5.94. The van der Waals surface area contributed by atoms with Crippen molar-refractivity contribution in [3.63, 3.8) is 0 Å². The van der Waals surface area contributed by atoms with Crippen LogP contribution in [0.2, 0.25) is 5.02 Å². The van der Waals surface area contributed by atoms with Crippen LogP contribution >= 0.6 is 11.6 Å². The Morgan fingerprint density at radius 1 is 0.970 bits per heavy atom. The van der Waals surface area contributed by atoms with Crippen LogP contribution in [-0.2, 0) is 6.54 Å². The van der Waals surface area contributed by atoms with Crippen molar-refractivity contribution in [3.05, 3.63) is 113 Å². The molecular formula is C27H20ClN3O2. The van der Waals surface area contributed by atoms with Crippen LogP contribution in [0.4, 0.5) is 5.69 Å². The number of hydrogen-bond acceptors (Lipinski definition) is 3. The van der Waals surface area contributed by atoms with Crippen molar-refractivity contribution >= 4 is 51.1 Å². The van der Waals surface area contributed by atoms with Crippen molar-refractivity contribution in [1.82, 2.24) is 4.57 Å². The van der Waals surface area contributed by atoms with Crippen molar-refractivity contribution < 1.29 is 9.90 Å². The number of nitrogens with zero attached hydrogens (tertiary/aromatic N) is 2. The van der Waals surface area contributed by atoms with Gasteiger partial charge in [-0.1, -0.05) is 66.2 Å². The summed E-state index contributed by atoms with van der Waals surface area (Å²) in [5.74, 6) is -1.08. The van der Waals surface area contributed by atoms with E-state index in [0.717, 1.165) is 23.0 Å². The van der Waals surface area contributed by atoms with E-state index < -0.39 is 5.97 Å². The van der Waals surface area contributed by atoms with Gasteiger partial charge in [-0.2, -0.15) is 5.10 Å². The molecule has 0 aliphatic carbocycles. The van der Waals surface area contributed by atoms with E-state index in [1.165, 1.54) is 28.5 Å². The maximum atomic E-state index is 11.3. The van der Waals surface area contributed by atoms with E-state index in [9.17, 15) is 9.90 Å². The predicted octanol–water partition coefficient (Wildman–Crippen LogP) is 6.64. The monoisotopic (exact) mass is 453 g/mol. The molecule has 0 bridgehead atoms. The number of rotatable bonds is 6. The molecule has 0 saturated carbocycles. The summed E-state index contributed by atoms with van der Waals surface area (Å²) in [6, 6.07) is 27.8. The Bertz CT molecular complexity index is 1520. The molecule has 5 nitrogen and oxygen atoms in total. The number of fused-ring (bicyclic) bond motifs is 2. The number of carboxylic acid groups (broad SMARTS) is 1. The van der Waals surface area contributed by atoms with Gasteiger partial charge in [-0.25, -0.2) is 4.79 Å². The number of halogens is 1. The minimum atomic E-state index is -1.08. The molecule has 0 saturated heterocycles. The predicted molar refractivity (Wildman–Crippen MR) is 135 cm³/mol. The minimum Gasteiger partial charge on any atom is -0.478 e. The number of hydrogen-bond donors (Lipinski definition) is 2. The van der Waals surface area contributed by atoms with E-state index in [0.29, 0.717) is 5.69 Å². The fourth-order valence-corrected chi connectivity index (χ4v) is 4.18. The van der Waals surface area contributed by atoms with E-state index >= 15 is 0 Å². The van der Waals surface area contributed by atoms with Gasteiger partial charge in [-0.3, -0.25) is 5.43 Å². The topological polar surface area (TPSA) is 66.6 Å². The number of aromatic nitrogens is 1. The van der Waals surface area contributed by atoms with E-state index in [2.05, 4.69) is 69.8 Å². The molecule has 0 fully saturated rings. The lowest BCUT2D eigenvalue weighted by atomic mass is 10.1. The molecule has 5 rings (SSSR count). The standard InChI is InChI=1S/C27H20ClN3O2/c28-25-12-11-22(14-24(25)27(32)33)30-29-15-21-17-31(26-8-4-3-7-23(21)26)16-18-9-10-19-5-1-2-6-20(19)13-18/h1-15,17,30H,16H2,(H,32,33)/b29-15+. The Labute approximate surface area is 195 Å². The Morgan fingerprint density at radius 3 is 2.61 bits per heavy atom. The second kappa shape index (κ2) is 8.81. The lowest BCUT2D eigenvalue weighted by Crippen LogP contribution is -1.99. The number of benzene rings is 4. The molecule has 0 radical (unpaired) electrons. The summed E-state index contributed by atoms with van der Waals surface area (Å²) in [4.78, 5) is 11.3. The highest BCUT2D eigenvalue weighted by Gasteiger charge is 2.10. The van der Waals surface area contributed by atoms with Crippen LogP contribution in [0, 0.1) is 0 Å². The van der Waals surface area contributed by atoms with E-state index in [-0.39, 0.29) is 10.6 Å². The van der Waals surface area contributed by atoms with E-state index in [1.54, 1.807) is 12.3 Å². The molecule has 0 aliphatic heterocycles. The highest BCUT2D eigenvalue weighted by atomic mass is 35.5. The zero-order valence-corrected chi connectivity index (χ0v) is 18.3. The highest BCUT2D eigenvalue weighted by Crippen LogP contribution is 2.24. The lowest BCUT2D eigenvalue weighted by molar-refractivity contribution is 0.0697. The number of carboxylic acids is 1. The fourth-order valence-electron chi connectivity index (χ4n) is 3.98. The number of hydrazone groups is 1. The summed E-state index contributed by atoms with van der Waals surface area (Å²) in [7, 11) is 0. The maximum Gasteiger partial charge on any atom is 0.337 e. The number of nitrogens with one attached hydrogen (secondary N) is 1. The minimum absolute atomic E-state index is 0.0313. The molecule has 6 heteroatoms. The van der Waals surface area contributed by atoms with Gasteiger partial charge in [-0.05, 0) is 46.7 Å². The first-order chi connectivity index (χ1) is 16.1. The van der Waals surface area contributed by atoms with Gasteiger partial charge in [0.25, 0.3) is 0 Å². The van der Waals surface area contributed by atoms with Gasteiger partial charge in [0.1, 0.15) is 0 Å². The SMILES string of the molecule is O=C(O)c1cc(N/N=C/c2cn(Cc3ccc4ccccc4c3)c3ccccc23)ccc1Cl. The summed E-state index contributed by atoms with van der Waals surface area (Å²) in [6.45, 7) is 0.742. The van der Waals surface area contributed by atoms with Crippen LogP contribution < -0.4 is 5.43 Å². The molecule has 1 aromatic heterocycles. The first-order valence-corrected chi connectivity index (χ1v) is 10.8. The average molecular weight is 454 g/mol. The third kappa shape index (κ3) is 4.31. The van der Waals surface area contributed by atoms with Gasteiger partial charge in [0.05, 0.1) is 22.5 Å². The molecular weight excluding hydrogens is 434 g/mol. The van der Waals surface area contributed by atoms with Gasteiger partial charge in [0, 0.05) is 29.2 Å². The lowest BCUT2D eigenvalue weighted by Gasteiger charge is -2.07. The largest absolute Gasteiger partial charge is 0.478 e. The molecule has 0 amide bonds. The van der Waals surface area contributed by atoms with Crippen LogP contribution in [0.5, 0.6) is 0 Å². The van der Waals surface area contributed by atoms with Crippen LogP contribution in [0.25, 0.3) is 21.7 Å². The molecule has 5 aromatic rings. The van der Waals surface area contributed by atoms with Gasteiger partial charge in [0.2, 0.25) is 0 Å². The molecule has 1 heterocycles. The summed E-state index contributed by atoms with van der Waals surface area (Å²) < 4.78 is 2.21. The van der Waals surface area contributed by atoms with Crippen molar-refractivity contribution in [2.24, 2.45) is 5.10 Å². The van der Waals surface area contributed by atoms with Gasteiger partial charge < -0.3 is 9.67 Å². The number of anilines is 1. The molecule has 33 heavy (non-hydrogen) atoms. The Morgan fingerprint density at radius 2 is 1.76 bits per heavy atom. The molecule has 0 aliphatic rings. The summed E-state index contributed by atoms with van der Waals surface area (Å²) in [5.41, 5.74) is 6.78. The second-order valence-corrected chi connectivity index (χ2v) is 8.19. The van der Waals surface area contributed by atoms with Crippen molar-refractivity contribution in [2.45, 2.75) is 6.54 Å². The quantitative estimate of drug-likeness (QED) is 0.223. The van der Waals surface area contributed by atoms with Crippen molar-refractivity contribution in [3.8, 4) is 0 Å². The zero-order chi connectivity index (χ0) is 22.8. The van der Waals surface area contributed by atoms with Crippen LogP contribution in [0.15, 0.2) is 96.2 Å². The van der Waals surface area contributed by atoms with Gasteiger partial charge in [-0.15, -0.1) is 0 Å². The summed E-state index contributed by atoms with van der Waals surface area (Å²) in [5, 5.41) is 17.3. The van der Waals surface area contributed by atoms with Gasteiger partial charge in [0.15, 0.2) is 0 Å². The summed E-state index contributed by atoms with van der Waals surface area (Å²) in [6.07, 6.45) is 3.82. The Balaban J connectivity index is 1.42. The first kappa shape index (κ1) is 20.8. The third-order valence-corrected chi connectivity index (χ3v) is 5.91. The Kier molecular flexibility index (Phi) is 5.55. The van der Waals surface area contributed by atoms with Crippen LogP contribution in [-0.4, -0.2) is 21.9 Å². The number of para-hydroxylation sites is 1. The molecule has 4 aromatic carbocycles. The normalized spacial score (nSPS) is 11.4. The average Bonchev–Trinajstić information content (AvgIpc) is 3.17. The smallest absolute Gasteiger partial charge is 0.337 e. The number of aromatic carboxylic acids is 1. The highest BCUT2D eigenvalue weighted by molar-refractivity contribution is 6.33. The first-order valence-electron chi connectivity index (χ1n) is 10.5. The molecule has 162 valence electrons. The van der Waals surface area contributed by atoms with E-state index in [1.807, 2.05) is 18.2 Å². The molecule has 0 spiro atoms. The third-order valence-electron chi connectivity index (χ3n) is 5.58. The molecule has 0 atom stereocenters. The zero-order valence-electron chi connectivity index (χ0n) is 17.6. The maximum absolute atomic E-state index is 11.3. The Hall–Kier alpha value is -4.09. The van der Waals surface area contributed by atoms with Gasteiger partial charge >= 0.3 is 5.97 Å². The molecule has 0 unspecified atom stereocenters. The van der Waals surface area contributed by atoms with Crippen LogP contribution in [0.1, 0.15) is 21.5 Å². The molecule has 2 N–H and O–H groups in total. The van der Waals surface area contributed by atoms with E-state index in [4.69, 9.17) is 11.6 Å². The number of carbonyl (C=O) groups is 1. The fraction of sp³-hybridized carbons (Fsp3) is 0.0370.